The maximum Gasteiger partial charge on any atom is 0.278 e. The minimum atomic E-state index is -1.05. The summed E-state index contributed by atoms with van der Waals surface area (Å²) < 4.78 is 42.8. The molecule has 34 heavy (non-hydrogen) atoms. The molecule has 0 bridgehead atoms. The Labute approximate surface area is 195 Å². The molecule has 8 nitrogen and oxygen atoms in total. The molecule has 12 heteroatoms. The van der Waals surface area contributed by atoms with Crippen LogP contribution in [0, 0.1) is 23.4 Å². The van der Waals surface area contributed by atoms with Crippen LogP contribution in [0.5, 0.6) is 5.75 Å². The van der Waals surface area contributed by atoms with Crippen LogP contribution in [0.15, 0.2) is 23.1 Å². The molecule has 1 amide bonds. The first-order valence-electron chi connectivity index (χ1n) is 10.7. The lowest BCUT2D eigenvalue weighted by Crippen LogP contribution is -2.58. The standard InChI is InChI=1S/C22H20F3N5O3S/c1-3-28-17-4-10(2)8-29(17)30-9-13(19(31)20(32)18(30)22(28)33)21-27-26-16(34-21)7-12-14(24)5-11(23)6-15(12)25/h5-6,9-10,17,32H,3-4,7-8H2,1-2H3/t10-,17-/m0/s1. The van der Waals surface area contributed by atoms with E-state index >= 15 is 0 Å². The maximum atomic E-state index is 14.0. The summed E-state index contributed by atoms with van der Waals surface area (Å²) in [6.45, 7) is 4.95. The summed E-state index contributed by atoms with van der Waals surface area (Å²) in [4.78, 5) is 27.7. The number of aromatic nitrogens is 3. The Morgan fingerprint density at radius 3 is 2.56 bits per heavy atom. The zero-order chi connectivity index (χ0) is 24.3. The van der Waals surface area contributed by atoms with Gasteiger partial charge in [0, 0.05) is 43.4 Å². The minimum Gasteiger partial charge on any atom is -0.502 e. The Balaban J connectivity index is 1.56. The van der Waals surface area contributed by atoms with E-state index in [-0.39, 0.29) is 45.3 Å². The molecule has 3 aromatic rings. The lowest BCUT2D eigenvalue weighted by Gasteiger charge is -2.42. The topological polar surface area (TPSA) is 91.6 Å². The monoisotopic (exact) mass is 491 g/mol. The number of aromatic hydroxyl groups is 1. The van der Waals surface area contributed by atoms with Crippen LogP contribution in [0.3, 0.4) is 0 Å². The number of fused-ring (bicyclic) bond motifs is 3. The number of hydrogen-bond donors (Lipinski definition) is 1. The smallest absolute Gasteiger partial charge is 0.278 e. The Hall–Kier alpha value is -3.41. The van der Waals surface area contributed by atoms with Gasteiger partial charge in [0.1, 0.15) is 28.6 Å². The van der Waals surface area contributed by atoms with Crippen molar-refractivity contribution in [1.29, 1.82) is 0 Å². The Kier molecular flexibility index (Phi) is 5.34. The maximum absolute atomic E-state index is 14.0. The second-order valence-corrected chi connectivity index (χ2v) is 9.54. The first kappa shape index (κ1) is 22.4. The number of carbonyl (C=O) groups is 1. The van der Waals surface area contributed by atoms with Gasteiger partial charge in [0.05, 0.1) is 5.56 Å². The quantitative estimate of drug-likeness (QED) is 0.604. The summed E-state index contributed by atoms with van der Waals surface area (Å²) in [6.07, 6.45) is 1.71. The number of pyridine rings is 1. The van der Waals surface area contributed by atoms with Gasteiger partial charge in [-0.25, -0.2) is 13.2 Å². The molecule has 2 aliphatic heterocycles. The van der Waals surface area contributed by atoms with Crippen molar-refractivity contribution in [2.45, 2.75) is 32.9 Å². The van der Waals surface area contributed by atoms with E-state index in [1.807, 2.05) is 11.9 Å². The van der Waals surface area contributed by atoms with E-state index in [0.717, 1.165) is 17.8 Å². The largest absolute Gasteiger partial charge is 0.502 e. The van der Waals surface area contributed by atoms with E-state index in [1.54, 1.807) is 4.90 Å². The van der Waals surface area contributed by atoms with Crippen LogP contribution in [0.1, 0.15) is 41.3 Å². The number of rotatable bonds is 4. The van der Waals surface area contributed by atoms with Crippen LogP contribution in [-0.4, -0.2) is 50.0 Å². The zero-order valence-electron chi connectivity index (χ0n) is 18.3. The molecule has 1 N–H and O–H groups in total. The average Bonchev–Trinajstić information content (AvgIpc) is 3.39. The van der Waals surface area contributed by atoms with E-state index in [9.17, 15) is 27.9 Å². The molecule has 2 aliphatic rings. The van der Waals surface area contributed by atoms with Crippen LogP contribution >= 0.6 is 11.3 Å². The first-order chi connectivity index (χ1) is 16.2. The lowest BCUT2D eigenvalue weighted by molar-refractivity contribution is 0.0606. The van der Waals surface area contributed by atoms with Gasteiger partial charge in [-0.05, 0) is 19.3 Å². The van der Waals surface area contributed by atoms with Crippen molar-refractivity contribution in [3.8, 4) is 16.3 Å². The Bertz CT molecular complexity index is 1350. The zero-order valence-corrected chi connectivity index (χ0v) is 19.1. The van der Waals surface area contributed by atoms with E-state index in [2.05, 4.69) is 17.1 Å². The fourth-order valence-electron chi connectivity index (χ4n) is 4.61. The fraction of sp³-hybridized carbons (Fsp3) is 0.364. The molecule has 1 saturated heterocycles. The number of hydrogen-bond acceptors (Lipinski definition) is 7. The van der Waals surface area contributed by atoms with Gasteiger partial charge >= 0.3 is 0 Å². The number of nitrogens with zero attached hydrogens (tertiary/aromatic N) is 5. The number of benzene rings is 1. The van der Waals surface area contributed by atoms with Crippen molar-refractivity contribution in [2.75, 3.05) is 18.1 Å². The lowest BCUT2D eigenvalue weighted by atomic mass is 10.1. The predicted molar refractivity (Wildman–Crippen MR) is 118 cm³/mol. The molecule has 0 saturated carbocycles. The number of halogens is 3. The van der Waals surface area contributed by atoms with Crippen molar-refractivity contribution in [3.63, 3.8) is 0 Å². The highest BCUT2D eigenvalue weighted by molar-refractivity contribution is 7.14. The van der Waals surface area contributed by atoms with Gasteiger partial charge in [-0.15, -0.1) is 10.2 Å². The van der Waals surface area contributed by atoms with Gasteiger partial charge in [0.15, 0.2) is 16.5 Å². The van der Waals surface area contributed by atoms with Crippen molar-refractivity contribution in [2.24, 2.45) is 5.92 Å². The summed E-state index contributed by atoms with van der Waals surface area (Å²) in [5.41, 5.74) is -1.25. The van der Waals surface area contributed by atoms with Gasteiger partial charge in [0.25, 0.3) is 5.91 Å². The summed E-state index contributed by atoms with van der Waals surface area (Å²) in [7, 11) is 0. The third-order valence-corrected chi connectivity index (χ3v) is 7.15. The molecule has 2 atom stereocenters. The molecule has 178 valence electrons. The van der Waals surface area contributed by atoms with Crippen LogP contribution in [0.4, 0.5) is 13.2 Å². The Morgan fingerprint density at radius 2 is 1.88 bits per heavy atom. The van der Waals surface area contributed by atoms with Crippen molar-refractivity contribution < 1.29 is 23.1 Å². The molecule has 1 fully saturated rings. The SMILES string of the molecule is CCN1C(=O)c2c(O)c(=O)c(-c3nnc(Cc4c(F)cc(F)cc4F)s3)cn2N2C[C@@H](C)C[C@@H]12. The van der Waals surface area contributed by atoms with Crippen LogP contribution in [0.2, 0.25) is 0 Å². The molecule has 0 aliphatic carbocycles. The second-order valence-electron chi connectivity index (χ2n) is 8.47. The highest BCUT2D eigenvalue weighted by Gasteiger charge is 2.44. The minimum absolute atomic E-state index is 0.0149. The third-order valence-electron chi connectivity index (χ3n) is 6.19. The molecular formula is C22H20F3N5O3S. The first-order valence-corrected chi connectivity index (χ1v) is 11.5. The molecule has 0 unspecified atom stereocenters. The molecule has 5 rings (SSSR count). The molecular weight excluding hydrogens is 471 g/mol. The molecule has 0 spiro atoms. The predicted octanol–water partition coefficient (Wildman–Crippen LogP) is 2.86. The normalized spacial score (nSPS) is 19.5. The average molecular weight is 491 g/mol. The summed E-state index contributed by atoms with van der Waals surface area (Å²) in [6, 6.07) is 1.16. The Morgan fingerprint density at radius 1 is 1.18 bits per heavy atom. The third kappa shape index (κ3) is 3.44. The van der Waals surface area contributed by atoms with Crippen molar-refractivity contribution in [3.05, 3.63) is 62.3 Å². The summed E-state index contributed by atoms with van der Waals surface area (Å²) in [5, 5.41) is 20.9. The van der Waals surface area contributed by atoms with Gasteiger partial charge < -0.3 is 10.0 Å². The second kappa shape index (κ2) is 8.12. The highest BCUT2D eigenvalue weighted by atomic mass is 32.1. The number of amides is 1. The van der Waals surface area contributed by atoms with Gasteiger partial charge in [-0.2, -0.15) is 0 Å². The summed E-state index contributed by atoms with van der Waals surface area (Å²) in [5.74, 6) is -3.95. The number of carbonyl (C=O) groups excluding carboxylic acids is 1. The summed E-state index contributed by atoms with van der Waals surface area (Å²) >= 11 is 0.920. The van der Waals surface area contributed by atoms with E-state index in [4.69, 9.17) is 0 Å². The molecule has 1 aromatic carbocycles. The molecule has 0 radical (unpaired) electrons. The van der Waals surface area contributed by atoms with Crippen molar-refractivity contribution >= 4 is 17.2 Å². The van der Waals surface area contributed by atoms with Crippen LogP contribution in [0.25, 0.3) is 10.6 Å². The van der Waals surface area contributed by atoms with Crippen LogP contribution < -0.4 is 10.4 Å². The fourth-order valence-corrected chi connectivity index (χ4v) is 5.47. The van der Waals surface area contributed by atoms with E-state index < -0.39 is 34.5 Å². The molecule has 2 aromatic heterocycles. The highest BCUT2D eigenvalue weighted by Crippen LogP contribution is 2.34. The van der Waals surface area contributed by atoms with E-state index in [1.165, 1.54) is 10.9 Å². The van der Waals surface area contributed by atoms with Gasteiger partial charge in [-0.3, -0.25) is 19.3 Å². The van der Waals surface area contributed by atoms with Crippen LogP contribution in [-0.2, 0) is 6.42 Å². The van der Waals surface area contributed by atoms with Gasteiger partial charge in [0.2, 0.25) is 5.43 Å². The molecule has 4 heterocycles. The van der Waals surface area contributed by atoms with E-state index in [0.29, 0.717) is 25.2 Å². The van der Waals surface area contributed by atoms with Crippen molar-refractivity contribution in [1.82, 2.24) is 19.8 Å². The van der Waals surface area contributed by atoms with Gasteiger partial charge in [-0.1, -0.05) is 18.3 Å².